The van der Waals surface area contributed by atoms with Gasteiger partial charge in [-0.1, -0.05) is 5.21 Å². The minimum absolute atomic E-state index is 0.0249. The number of nitrogens with two attached hydrogens (primary N) is 1. The molecule has 0 unspecified atom stereocenters. The summed E-state index contributed by atoms with van der Waals surface area (Å²) >= 11 is 0. The van der Waals surface area contributed by atoms with E-state index in [1.54, 1.807) is 10.9 Å². The molecule has 1 aromatic heterocycles. The van der Waals surface area contributed by atoms with E-state index in [-0.39, 0.29) is 15.8 Å². The van der Waals surface area contributed by atoms with Crippen LogP contribution in [0.3, 0.4) is 0 Å². The predicted molar refractivity (Wildman–Crippen MR) is 75.6 cm³/mol. The van der Waals surface area contributed by atoms with E-state index in [0.717, 1.165) is 0 Å². The van der Waals surface area contributed by atoms with Crippen LogP contribution in [0.15, 0.2) is 46.5 Å². The molecule has 22 heavy (non-hydrogen) atoms. The zero-order valence-electron chi connectivity index (χ0n) is 11.3. The van der Waals surface area contributed by atoms with Crippen molar-refractivity contribution >= 4 is 20.0 Å². The topological polar surface area (TPSA) is 128 Å². The number of rotatable bonds is 4. The molecule has 0 saturated carbocycles. The monoisotopic (exact) mass is 343 g/mol. The van der Waals surface area contributed by atoms with Crippen molar-refractivity contribution in [2.24, 2.45) is 5.14 Å². The van der Waals surface area contributed by atoms with E-state index in [2.05, 4.69) is 10.3 Å². The second kappa shape index (κ2) is 5.12. The van der Waals surface area contributed by atoms with Gasteiger partial charge in [-0.05, 0) is 24.3 Å². The summed E-state index contributed by atoms with van der Waals surface area (Å²) in [5.41, 5.74) is 0. The zero-order chi connectivity index (χ0) is 16.0. The Morgan fingerprint density at radius 2 is 1.64 bits per heavy atom. The average molecular weight is 343 g/mol. The van der Waals surface area contributed by atoms with Gasteiger partial charge in [0.05, 0.1) is 22.0 Å². The summed E-state index contributed by atoms with van der Waals surface area (Å²) in [4.78, 5) is -0.104. The Balaban J connectivity index is 1.77. The number of benzene rings is 1. The highest BCUT2D eigenvalue weighted by molar-refractivity contribution is 7.89. The number of primary sulfonamides is 1. The molecule has 3 rings (SSSR count). The summed E-state index contributed by atoms with van der Waals surface area (Å²) in [6, 6.07) is 4.78. The summed E-state index contributed by atoms with van der Waals surface area (Å²) in [6.07, 6.45) is 3.21. The van der Waals surface area contributed by atoms with Crippen molar-refractivity contribution in [3.8, 4) is 0 Å². The Bertz CT molecular complexity index is 869. The molecule has 11 heteroatoms. The van der Waals surface area contributed by atoms with Gasteiger partial charge < -0.3 is 0 Å². The van der Waals surface area contributed by atoms with E-state index < -0.39 is 20.0 Å². The van der Waals surface area contributed by atoms with Crippen molar-refractivity contribution in [2.45, 2.75) is 15.8 Å². The molecule has 1 aliphatic heterocycles. The van der Waals surface area contributed by atoms with Gasteiger partial charge in [0, 0.05) is 19.3 Å². The molecule has 1 fully saturated rings. The zero-order valence-corrected chi connectivity index (χ0v) is 12.9. The Morgan fingerprint density at radius 1 is 1.05 bits per heavy atom. The van der Waals surface area contributed by atoms with E-state index in [1.165, 1.54) is 34.8 Å². The van der Waals surface area contributed by atoms with E-state index in [1.807, 2.05) is 0 Å². The van der Waals surface area contributed by atoms with Crippen molar-refractivity contribution in [2.75, 3.05) is 13.1 Å². The summed E-state index contributed by atoms with van der Waals surface area (Å²) in [5, 5.41) is 12.5. The highest BCUT2D eigenvalue weighted by Crippen LogP contribution is 2.27. The molecule has 9 nitrogen and oxygen atoms in total. The minimum atomic E-state index is -3.84. The maximum absolute atomic E-state index is 12.4. The van der Waals surface area contributed by atoms with Gasteiger partial charge in [-0.3, -0.25) is 0 Å². The second-order valence-electron chi connectivity index (χ2n) is 4.88. The predicted octanol–water partition coefficient (Wildman–Crippen LogP) is -0.829. The molecule has 0 radical (unpaired) electrons. The molecule has 0 amide bonds. The number of hydrogen-bond acceptors (Lipinski definition) is 6. The van der Waals surface area contributed by atoms with Crippen LogP contribution in [-0.4, -0.2) is 49.2 Å². The van der Waals surface area contributed by atoms with E-state index in [0.29, 0.717) is 13.1 Å². The fraction of sp³-hybridized carbons (Fsp3) is 0.273. The van der Waals surface area contributed by atoms with Crippen LogP contribution in [0, 0.1) is 0 Å². The highest BCUT2D eigenvalue weighted by Gasteiger charge is 2.38. The Morgan fingerprint density at radius 3 is 2.14 bits per heavy atom. The number of nitrogens with zero attached hydrogens (tertiary/aromatic N) is 4. The van der Waals surface area contributed by atoms with Crippen LogP contribution in [0.4, 0.5) is 0 Å². The number of sulfonamides is 2. The second-order valence-corrected chi connectivity index (χ2v) is 8.37. The Hall–Kier alpha value is -1.82. The van der Waals surface area contributed by atoms with Crippen LogP contribution in [0.1, 0.15) is 6.04 Å². The lowest BCUT2D eigenvalue weighted by Crippen LogP contribution is -2.50. The average Bonchev–Trinajstić information content (AvgIpc) is 2.89. The largest absolute Gasteiger partial charge is 0.247 e. The summed E-state index contributed by atoms with van der Waals surface area (Å²) < 4.78 is 50.0. The van der Waals surface area contributed by atoms with Gasteiger partial charge in [-0.25, -0.2) is 26.7 Å². The molecule has 0 spiro atoms. The van der Waals surface area contributed by atoms with Crippen LogP contribution in [-0.2, 0) is 20.0 Å². The molecular formula is C11H13N5O4S2. The van der Waals surface area contributed by atoms with Gasteiger partial charge in [-0.2, -0.15) is 4.31 Å². The van der Waals surface area contributed by atoms with Crippen molar-refractivity contribution in [1.29, 1.82) is 0 Å². The highest BCUT2D eigenvalue weighted by atomic mass is 32.2. The van der Waals surface area contributed by atoms with Crippen molar-refractivity contribution < 1.29 is 16.8 Å². The molecule has 2 aromatic rings. The first-order chi connectivity index (χ1) is 10.3. The first-order valence-electron chi connectivity index (χ1n) is 6.27. The third-order valence-electron chi connectivity index (χ3n) is 3.43. The van der Waals surface area contributed by atoms with Gasteiger partial charge in [0.15, 0.2) is 0 Å². The van der Waals surface area contributed by atoms with Crippen LogP contribution in [0.5, 0.6) is 0 Å². The summed E-state index contributed by atoms with van der Waals surface area (Å²) in [5.74, 6) is 0. The summed E-state index contributed by atoms with van der Waals surface area (Å²) in [7, 11) is -7.49. The molecule has 1 saturated heterocycles. The van der Waals surface area contributed by atoms with Gasteiger partial charge in [0.2, 0.25) is 20.0 Å². The Labute approximate surface area is 127 Å². The smallest absolute Gasteiger partial charge is 0.243 e. The fourth-order valence-electron chi connectivity index (χ4n) is 2.14. The number of hydrogen-bond donors (Lipinski definition) is 1. The van der Waals surface area contributed by atoms with E-state index in [9.17, 15) is 16.8 Å². The quantitative estimate of drug-likeness (QED) is 0.771. The van der Waals surface area contributed by atoms with Crippen molar-refractivity contribution in [3.05, 3.63) is 36.7 Å². The van der Waals surface area contributed by atoms with Crippen LogP contribution >= 0.6 is 0 Å². The van der Waals surface area contributed by atoms with Crippen LogP contribution in [0.2, 0.25) is 0 Å². The summed E-state index contributed by atoms with van der Waals surface area (Å²) in [6.45, 7) is 0.589. The molecule has 0 bridgehead atoms. The lowest BCUT2D eigenvalue weighted by atomic mass is 10.2. The molecule has 0 atom stereocenters. The van der Waals surface area contributed by atoms with Crippen LogP contribution < -0.4 is 5.14 Å². The van der Waals surface area contributed by atoms with Gasteiger partial charge in [0.25, 0.3) is 0 Å². The molecule has 2 N–H and O–H groups in total. The third-order valence-corrected chi connectivity index (χ3v) is 6.21. The third kappa shape index (κ3) is 2.63. The molecule has 1 aromatic carbocycles. The van der Waals surface area contributed by atoms with Gasteiger partial charge >= 0.3 is 0 Å². The standard InChI is InChI=1S/C11H13N5O4S2/c12-21(17,18)10-1-3-11(4-2-10)22(19,20)15-7-9(8-15)16-6-5-13-14-16/h1-6,9H,7-8H2,(H2,12,17,18). The van der Waals surface area contributed by atoms with E-state index in [4.69, 9.17) is 5.14 Å². The molecule has 118 valence electrons. The van der Waals surface area contributed by atoms with Crippen molar-refractivity contribution in [3.63, 3.8) is 0 Å². The molecule has 2 heterocycles. The molecular weight excluding hydrogens is 330 g/mol. The fourth-order valence-corrected chi connectivity index (χ4v) is 4.17. The maximum atomic E-state index is 12.4. The van der Waals surface area contributed by atoms with Crippen molar-refractivity contribution in [1.82, 2.24) is 19.3 Å². The first kappa shape index (κ1) is 15.1. The lowest BCUT2D eigenvalue weighted by molar-refractivity contribution is 0.189. The molecule has 0 aliphatic carbocycles. The van der Waals surface area contributed by atoms with E-state index >= 15 is 0 Å². The lowest BCUT2D eigenvalue weighted by Gasteiger charge is -2.37. The number of aromatic nitrogens is 3. The van der Waals surface area contributed by atoms with Gasteiger partial charge in [-0.15, -0.1) is 5.10 Å². The van der Waals surface area contributed by atoms with Crippen LogP contribution in [0.25, 0.3) is 0 Å². The van der Waals surface area contributed by atoms with Gasteiger partial charge in [0.1, 0.15) is 0 Å². The first-order valence-corrected chi connectivity index (χ1v) is 9.26. The molecule has 1 aliphatic rings. The Kier molecular flexibility index (Phi) is 3.51. The normalized spacial score (nSPS) is 17.3. The SMILES string of the molecule is NS(=O)(=O)c1ccc(S(=O)(=O)N2CC(n3ccnn3)C2)cc1. The minimum Gasteiger partial charge on any atom is -0.247 e. The maximum Gasteiger partial charge on any atom is 0.243 e.